The molecule has 0 fully saturated rings. The summed E-state index contributed by atoms with van der Waals surface area (Å²) in [5, 5.41) is 7.64. The predicted octanol–water partition coefficient (Wildman–Crippen LogP) is 3.46. The fraction of sp³-hybridized carbons (Fsp3) is 0.158. The van der Waals surface area contributed by atoms with Crippen LogP contribution in [-0.2, 0) is 0 Å². The number of rotatable bonds is 5. The van der Waals surface area contributed by atoms with Crippen LogP contribution >= 0.6 is 0 Å². The quantitative estimate of drug-likeness (QED) is 0.731. The maximum absolute atomic E-state index is 12.8. The van der Waals surface area contributed by atoms with Gasteiger partial charge >= 0.3 is 0 Å². The molecule has 0 saturated heterocycles. The number of ketones is 1. The molecule has 3 aromatic rings. The highest BCUT2D eigenvalue weighted by Crippen LogP contribution is 2.26. The Balaban J connectivity index is 2.07. The first-order valence-electron chi connectivity index (χ1n) is 7.67. The third-order valence-corrected chi connectivity index (χ3v) is 3.93. The predicted molar refractivity (Wildman–Crippen MR) is 94.3 cm³/mol. The molecule has 24 heavy (non-hydrogen) atoms. The van der Waals surface area contributed by atoms with Crippen molar-refractivity contribution < 1.29 is 9.53 Å². The minimum atomic E-state index is -0.102. The molecular weight excluding hydrogens is 302 g/mol. The number of nitrogens with zero attached hydrogens (tertiary/aromatic N) is 2. The van der Waals surface area contributed by atoms with E-state index in [-0.39, 0.29) is 5.78 Å². The summed E-state index contributed by atoms with van der Waals surface area (Å²) in [5.41, 5.74) is 3.52. The smallest absolute Gasteiger partial charge is 0.215 e. The van der Waals surface area contributed by atoms with Gasteiger partial charge in [0.05, 0.1) is 24.2 Å². The number of ether oxygens (including phenoxy) is 1. The highest BCUT2D eigenvalue weighted by molar-refractivity contribution is 6.11. The lowest BCUT2D eigenvalue weighted by atomic mass is 10.1. The molecule has 0 amide bonds. The van der Waals surface area contributed by atoms with E-state index in [1.165, 1.54) is 0 Å². The lowest BCUT2D eigenvalue weighted by molar-refractivity contribution is 0.103. The summed E-state index contributed by atoms with van der Waals surface area (Å²) in [5.74, 6) is 0.674. The van der Waals surface area contributed by atoms with Crippen molar-refractivity contribution in [3.05, 3.63) is 71.5 Å². The Bertz CT molecular complexity index is 852. The van der Waals surface area contributed by atoms with Crippen LogP contribution in [0.15, 0.2) is 54.6 Å². The molecule has 0 unspecified atom stereocenters. The molecule has 0 spiro atoms. The highest BCUT2D eigenvalue weighted by atomic mass is 16.5. The second-order valence-electron chi connectivity index (χ2n) is 5.36. The summed E-state index contributed by atoms with van der Waals surface area (Å²) < 4.78 is 6.95. The van der Waals surface area contributed by atoms with E-state index in [0.29, 0.717) is 11.3 Å². The Hall–Kier alpha value is -3.08. The van der Waals surface area contributed by atoms with Crippen molar-refractivity contribution in [2.24, 2.45) is 0 Å². The van der Waals surface area contributed by atoms with E-state index in [9.17, 15) is 4.79 Å². The van der Waals surface area contributed by atoms with Crippen LogP contribution in [0, 0.1) is 6.92 Å². The van der Waals surface area contributed by atoms with Gasteiger partial charge in [-0.25, -0.2) is 4.68 Å². The summed E-state index contributed by atoms with van der Waals surface area (Å²) in [6.45, 7) is 1.94. The van der Waals surface area contributed by atoms with Crippen LogP contribution in [-0.4, -0.2) is 29.7 Å². The highest BCUT2D eigenvalue weighted by Gasteiger charge is 2.21. The lowest BCUT2D eigenvalue weighted by Gasteiger charge is -2.06. The summed E-state index contributed by atoms with van der Waals surface area (Å²) in [6, 6.07) is 16.7. The SMILES string of the molecule is CNc1c(C(=O)c2ccccc2)nn(-c2ccc(OC)cc2)c1C. The van der Waals surface area contributed by atoms with Crippen molar-refractivity contribution in [1.82, 2.24) is 9.78 Å². The number of hydrogen-bond acceptors (Lipinski definition) is 4. The molecule has 0 aliphatic carbocycles. The average molecular weight is 321 g/mol. The lowest BCUT2D eigenvalue weighted by Crippen LogP contribution is -2.06. The second-order valence-corrected chi connectivity index (χ2v) is 5.36. The number of aromatic nitrogens is 2. The second kappa shape index (κ2) is 6.58. The van der Waals surface area contributed by atoms with Crippen molar-refractivity contribution in [2.75, 3.05) is 19.5 Å². The molecule has 122 valence electrons. The van der Waals surface area contributed by atoms with Gasteiger partial charge in [0, 0.05) is 12.6 Å². The Morgan fingerprint density at radius 2 is 1.75 bits per heavy atom. The maximum Gasteiger partial charge on any atom is 0.215 e. The zero-order valence-electron chi connectivity index (χ0n) is 13.9. The normalized spacial score (nSPS) is 10.5. The van der Waals surface area contributed by atoms with Gasteiger partial charge in [-0.2, -0.15) is 5.10 Å². The van der Waals surface area contributed by atoms with Crippen molar-refractivity contribution in [2.45, 2.75) is 6.92 Å². The van der Waals surface area contributed by atoms with Crippen LogP contribution in [0.25, 0.3) is 5.69 Å². The third-order valence-electron chi connectivity index (χ3n) is 3.93. The zero-order valence-corrected chi connectivity index (χ0v) is 13.9. The van der Waals surface area contributed by atoms with Crippen LogP contribution < -0.4 is 10.1 Å². The molecule has 0 aliphatic rings. The molecule has 1 aromatic heterocycles. The number of hydrogen-bond donors (Lipinski definition) is 1. The third kappa shape index (κ3) is 2.76. The first kappa shape index (κ1) is 15.8. The van der Waals surface area contributed by atoms with E-state index in [0.717, 1.165) is 22.8 Å². The van der Waals surface area contributed by atoms with Gasteiger partial charge < -0.3 is 10.1 Å². The van der Waals surface area contributed by atoms with Gasteiger partial charge in [-0.15, -0.1) is 0 Å². The molecule has 1 heterocycles. The van der Waals surface area contributed by atoms with Crippen molar-refractivity contribution in [1.29, 1.82) is 0 Å². The van der Waals surface area contributed by atoms with Gasteiger partial charge in [-0.3, -0.25) is 4.79 Å². The Kier molecular flexibility index (Phi) is 4.33. The number of carbonyl (C=O) groups is 1. The molecule has 0 saturated carbocycles. The maximum atomic E-state index is 12.8. The number of benzene rings is 2. The van der Waals surface area contributed by atoms with E-state index in [1.807, 2.05) is 49.4 Å². The van der Waals surface area contributed by atoms with Crippen LogP contribution in [0.2, 0.25) is 0 Å². The minimum Gasteiger partial charge on any atom is -0.497 e. The van der Waals surface area contributed by atoms with E-state index in [4.69, 9.17) is 4.74 Å². The van der Waals surface area contributed by atoms with E-state index >= 15 is 0 Å². The Morgan fingerprint density at radius 3 is 2.33 bits per heavy atom. The summed E-state index contributed by atoms with van der Waals surface area (Å²) >= 11 is 0. The fourth-order valence-corrected chi connectivity index (χ4v) is 2.66. The molecule has 5 nitrogen and oxygen atoms in total. The number of nitrogens with one attached hydrogen (secondary N) is 1. The molecular formula is C19H19N3O2. The number of anilines is 1. The summed E-state index contributed by atoms with van der Waals surface area (Å²) in [6.07, 6.45) is 0. The van der Waals surface area contributed by atoms with Gasteiger partial charge in [0.2, 0.25) is 5.78 Å². The van der Waals surface area contributed by atoms with E-state index in [2.05, 4.69) is 10.4 Å². The van der Waals surface area contributed by atoms with Crippen molar-refractivity contribution in [3.63, 3.8) is 0 Å². The van der Waals surface area contributed by atoms with E-state index < -0.39 is 0 Å². The minimum absolute atomic E-state index is 0.102. The zero-order chi connectivity index (χ0) is 17.1. The molecule has 3 rings (SSSR count). The van der Waals surface area contributed by atoms with E-state index in [1.54, 1.807) is 31.0 Å². The van der Waals surface area contributed by atoms with Crippen LogP contribution in [0.3, 0.4) is 0 Å². The van der Waals surface area contributed by atoms with Gasteiger partial charge in [0.15, 0.2) is 5.69 Å². The number of carbonyl (C=O) groups excluding carboxylic acids is 1. The summed E-state index contributed by atoms with van der Waals surface area (Å²) in [4.78, 5) is 12.8. The molecule has 0 aliphatic heterocycles. The molecule has 1 N–H and O–H groups in total. The van der Waals surface area contributed by atoms with Crippen molar-refractivity contribution >= 4 is 11.5 Å². The van der Waals surface area contributed by atoms with Gasteiger partial charge in [0.25, 0.3) is 0 Å². The molecule has 0 bridgehead atoms. The Labute approximate surface area is 140 Å². The summed E-state index contributed by atoms with van der Waals surface area (Å²) in [7, 11) is 3.42. The van der Waals surface area contributed by atoms with Gasteiger partial charge in [0.1, 0.15) is 5.75 Å². The van der Waals surface area contributed by atoms with Crippen LogP contribution in [0.4, 0.5) is 5.69 Å². The van der Waals surface area contributed by atoms with Crippen LogP contribution in [0.5, 0.6) is 5.75 Å². The van der Waals surface area contributed by atoms with Crippen molar-refractivity contribution in [3.8, 4) is 11.4 Å². The van der Waals surface area contributed by atoms with Gasteiger partial charge in [-0.05, 0) is 31.2 Å². The monoisotopic (exact) mass is 321 g/mol. The standard InChI is InChI=1S/C19H19N3O2/c1-13-17(20-2)18(19(23)14-7-5-4-6-8-14)21-22(13)15-9-11-16(24-3)12-10-15/h4-12,20H,1-3H3. The fourth-order valence-electron chi connectivity index (χ4n) is 2.66. The molecule has 0 atom stereocenters. The molecule has 5 heteroatoms. The first-order valence-corrected chi connectivity index (χ1v) is 7.67. The van der Waals surface area contributed by atoms with Crippen LogP contribution in [0.1, 0.15) is 21.7 Å². The largest absolute Gasteiger partial charge is 0.497 e. The average Bonchev–Trinajstić information content (AvgIpc) is 2.98. The van der Waals surface area contributed by atoms with Gasteiger partial charge in [-0.1, -0.05) is 30.3 Å². The molecule has 0 radical (unpaired) electrons. The topological polar surface area (TPSA) is 56.2 Å². The molecule has 2 aromatic carbocycles. The number of methoxy groups -OCH3 is 1. The first-order chi connectivity index (χ1) is 11.7. The Morgan fingerprint density at radius 1 is 1.08 bits per heavy atom.